The Hall–Kier alpha value is -1.36. The van der Waals surface area contributed by atoms with Crippen molar-refractivity contribution in [3.63, 3.8) is 0 Å². The number of amides is 1. The molecule has 1 unspecified atom stereocenters. The minimum Gasteiger partial charge on any atom is -0.351 e. The molecule has 1 atom stereocenters. The quantitative estimate of drug-likeness (QED) is 0.683. The SMILES string of the molecule is CC(=O)NC(C)(C)CC(C)NCCc1ncc[nH]1. The fraction of sp³-hybridized carbons (Fsp3) is 0.692. The summed E-state index contributed by atoms with van der Waals surface area (Å²) < 4.78 is 0. The number of rotatable bonds is 7. The number of carbonyl (C=O) groups is 1. The van der Waals surface area contributed by atoms with Crippen LogP contribution in [0.2, 0.25) is 0 Å². The lowest BCUT2D eigenvalue weighted by molar-refractivity contribution is -0.120. The maximum atomic E-state index is 11.1. The molecule has 1 aromatic heterocycles. The predicted octanol–water partition coefficient (Wildman–Crippen LogP) is 1.24. The molecular weight excluding hydrogens is 228 g/mol. The number of aromatic nitrogens is 2. The Labute approximate surface area is 109 Å². The lowest BCUT2D eigenvalue weighted by Gasteiger charge is -2.29. The first-order chi connectivity index (χ1) is 8.39. The Morgan fingerprint density at radius 1 is 1.56 bits per heavy atom. The molecular formula is C13H24N4O. The van der Waals surface area contributed by atoms with Crippen LogP contribution in [0.15, 0.2) is 12.4 Å². The molecule has 1 aromatic rings. The second-order valence-corrected chi connectivity index (χ2v) is 5.41. The van der Waals surface area contributed by atoms with Gasteiger partial charge in [-0.15, -0.1) is 0 Å². The van der Waals surface area contributed by atoms with Gasteiger partial charge in [0.15, 0.2) is 0 Å². The van der Waals surface area contributed by atoms with E-state index in [9.17, 15) is 4.79 Å². The number of hydrogen-bond donors (Lipinski definition) is 3. The van der Waals surface area contributed by atoms with Crippen LogP contribution >= 0.6 is 0 Å². The van der Waals surface area contributed by atoms with Gasteiger partial charge in [-0.3, -0.25) is 4.79 Å². The van der Waals surface area contributed by atoms with Crippen molar-refractivity contribution >= 4 is 5.91 Å². The highest BCUT2D eigenvalue weighted by Gasteiger charge is 2.21. The van der Waals surface area contributed by atoms with Crippen LogP contribution in [0.4, 0.5) is 0 Å². The van der Waals surface area contributed by atoms with Crippen LogP contribution in [-0.4, -0.2) is 34.0 Å². The van der Waals surface area contributed by atoms with Crippen molar-refractivity contribution in [1.82, 2.24) is 20.6 Å². The highest BCUT2D eigenvalue weighted by atomic mass is 16.1. The molecule has 0 aromatic carbocycles. The number of aromatic amines is 1. The van der Waals surface area contributed by atoms with Crippen molar-refractivity contribution in [3.05, 3.63) is 18.2 Å². The van der Waals surface area contributed by atoms with E-state index in [2.05, 4.69) is 27.5 Å². The van der Waals surface area contributed by atoms with Gasteiger partial charge in [-0.25, -0.2) is 4.98 Å². The number of hydrogen-bond acceptors (Lipinski definition) is 3. The molecule has 0 aliphatic carbocycles. The topological polar surface area (TPSA) is 69.8 Å². The van der Waals surface area contributed by atoms with E-state index in [1.165, 1.54) is 0 Å². The van der Waals surface area contributed by atoms with E-state index in [0.717, 1.165) is 25.2 Å². The molecule has 0 spiro atoms. The first-order valence-electron chi connectivity index (χ1n) is 6.39. The Kier molecular flexibility index (Phi) is 5.34. The maximum absolute atomic E-state index is 11.1. The summed E-state index contributed by atoms with van der Waals surface area (Å²) >= 11 is 0. The molecule has 0 bridgehead atoms. The van der Waals surface area contributed by atoms with Crippen LogP contribution in [0, 0.1) is 0 Å². The number of carbonyl (C=O) groups excluding carboxylic acids is 1. The second kappa shape index (κ2) is 6.54. The Morgan fingerprint density at radius 2 is 2.28 bits per heavy atom. The fourth-order valence-corrected chi connectivity index (χ4v) is 2.24. The average molecular weight is 252 g/mol. The van der Waals surface area contributed by atoms with Crippen molar-refractivity contribution < 1.29 is 4.79 Å². The summed E-state index contributed by atoms with van der Waals surface area (Å²) in [4.78, 5) is 18.3. The first-order valence-corrected chi connectivity index (χ1v) is 6.39. The average Bonchev–Trinajstić information content (AvgIpc) is 2.66. The summed E-state index contributed by atoms with van der Waals surface area (Å²) in [6, 6.07) is 0.349. The Balaban J connectivity index is 2.24. The van der Waals surface area contributed by atoms with Gasteiger partial charge in [-0.2, -0.15) is 0 Å². The molecule has 0 fully saturated rings. The molecule has 3 N–H and O–H groups in total. The first kappa shape index (κ1) is 14.7. The third kappa shape index (κ3) is 5.82. The number of nitrogens with zero attached hydrogens (tertiary/aromatic N) is 1. The minimum absolute atomic E-state index is 0.0165. The van der Waals surface area contributed by atoms with Gasteiger partial charge in [0.2, 0.25) is 5.91 Å². The van der Waals surface area contributed by atoms with Crippen LogP contribution in [0.25, 0.3) is 0 Å². The number of H-pyrrole nitrogens is 1. The molecule has 1 amide bonds. The molecule has 0 saturated carbocycles. The van der Waals surface area contributed by atoms with Crippen LogP contribution in [-0.2, 0) is 11.2 Å². The van der Waals surface area contributed by atoms with Gasteiger partial charge in [-0.05, 0) is 27.2 Å². The van der Waals surface area contributed by atoms with E-state index < -0.39 is 0 Å². The molecule has 0 aliphatic heterocycles. The van der Waals surface area contributed by atoms with Crippen molar-refractivity contribution in [3.8, 4) is 0 Å². The Morgan fingerprint density at radius 3 is 2.83 bits per heavy atom. The zero-order chi connectivity index (χ0) is 13.6. The van der Waals surface area contributed by atoms with E-state index in [-0.39, 0.29) is 11.4 Å². The minimum atomic E-state index is -0.178. The fourth-order valence-electron chi connectivity index (χ4n) is 2.24. The van der Waals surface area contributed by atoms with Gasteiger partial charge in [-0.1, -0.05) is 0 Å². The molecule has 0 saturated heterocycles. The van der Waals surface area contributed by atoms with E-state index in [0.29, 0.717) is 6.04 Å². The highest BCUT2D eigenvalue weighted by molar-refractivity contribution is 5.73. The third-order valence-corrected chi connectivity index (χ3v) is 2.74. The summed E-state index contributed by atoms with van der Waals surface area (Å²) in [5.74, 6) is 1.01. The molecule has 1 heterocycles. The zero-order valence-electron chi connectivity index (χ0n) is 11.7. The van der Waals surface area contributed by atoms with E-state index in [4.69, 9.17) is 0 Å². The van der Waals surface area contributed by atoms with Gasteiger partial charge >= 0.3 is 0 Å². The van der Waals surface area contributed by atoms with Gasteiger partial charge < -0.3 is 15.6 Å². The molecule has 18 heavy (non-hydrogen) atoms. The van der Waals surface area contributed by atoms with Crippen molar-refractivity contribution in [2.75, 3.05) is 6.54 Å². The summed E-state index contributed by atoms with van der Waals surface area (Å²) in [5.41, 5.74) is -0.178. The van der Waals surface area contributed by atoms with Crippen molar-refractivity contribution in [2.24, 2.45) is 0 Å². The van der Waals surface area contributed by atoms with Crippen LogP contribution in [0.5, 0.6) is 0 Å². The maximum Gasteiger partial charge on any atom is 0.217 e. The van der Waals surface area contributed by atoms with E-state index in [1.807, 2.05) is 20.0 Å². The van der Waals surface area contributed by atoms with Crippen LogP contribution in [0.3, 0.4) is 0 Å². The largest absolute Gasteiger partial charge is 0.351 e. The normalized spacial score (nSPS) is 13.3. The third-order valence-electron chi connectivity index (χ3n) is 2.74. The molecule has 5 nitrogen and oxygen atoms in total. The highest BCUT2D eigenvalue weighted by Crippen LogP contribution is 2.11. The van der Waals surface area contributed by atoms with Gasteiger partial charge in [0.1, 0.15) is 5.82 Å². The summed E-state index contributed by atoms with van der Waals surface area (Å²) in [6.45, 7) is 8.64. The summed E-state index contributed by atoms with van der Waals surface area (Å²) in [7, 11) is 0. The predicted molar refractivity (Wildman–Crippen MR) is 72.3 cm³/mol. The number of nitrogens with one attached hydrogen (secondary N) is 3. The van der Waals surface area contributed by atoms with Crippen LogP contribution < -0.4 is 10.6 Å². The molecule has 5 heteroatoms. The van der Waals surface area contributed by atoms with E-state index >= 15 is 0 Å². The monoisotopic (exact) mass is 252 g/mol. The van der Waals surface area contributed by atoms with Gasteiger partial charge in [0.05, 0.1) is 0 Å². The number of imidazole rings is 1. The lowest BCUT2D eigenvalue weighted by atomic mass is 9.96. The zero-order valence-corrected chi connectivity index (χ0v) is 11.7. The van der Waals surface area contributed by atoms with Gasteiger partial charge in [0, 0.05) is 43.9 Å². The molecule has 102 valence electrons. The summed E-state index contributed by atoms with van der Waals surface area (Å²) in [6.07, 6.45) is 5.37. The second-order valence-electron chi connectivity index (χ2n) is 5.41. The van der Waals surface area contributed by atoms with E-state index in [1.54, 1.807) is 13.1 Å². The summed E-state index contributed by atoms with van der Waals surface area (Å²) in [5, 5.41) is 6.40. The lowest BCUT2D eigenvalue weighted by Crippen LogP contribution is -2.47. The Bertz CT molecular complexity index is 359. The van der Waals surface area contributed by atoms with Crippen molar-refractivity contribution in [2.45, 2.75) is 52.1 Å². The van der Waals surface area contributed by atoms with Crippen LogP contribution in [0.1, 0.15) is 39.9 Å². The molecule has 1 rings (SSSR count). The molecule has 0 radical (unpaired) electrons. The smallest absolute Gasteiger partial charge is 0.217 e. The van der Waals surface area contributed by atoms with Crippen molar-refractivity contribution in [1.29, 1.82) is 0 Å². The van der Waals surface area contributed by atoms with Gasteiger partial charge in [0.25, 0.3) is 0 Å². The standard InChI is InChI=1S/C13H24N4O/c1-10(9-13(3,4)17-11(2)18)14-6-5-12-15-7-8-16-12/h7-8,10,14H,5-6,9H2,1-4H3,(H,15,16)(H,17,18). The molecule has 0 aliphatic rings.